The Bertz CT molecular complexity index is 238. The third kappa shape index (κ3) is 1.74. The van der Waals surface area contributed by atoms with Gasteiger partial charge in [-0.2, -0.15) is 0 Å². The van der Waals surface area contributed by atoms with Crippen molar-refractivity contribution in [3.05, 3.63) is 24.8 Å². The Balaban J connectivity index is 2.64. The Morgan fingerprint density at radius 3 is 3.00 bits per heavy atom. The summed E-state index contributed by atoms with van der Waals surface area (Å²) in [7, 11) is 0. The molecule has 0 aromatic carbocycles. The molecule has 0 aliphatic heterocycles. The summed E-state index contributed by atoms with van der Waals surface area (Å²) < 4.78 is 1.55. The highest BCUT2D eigenvalue weighted by Crippen LogP contribution is 1.85. The molecule has 0 unspecified atom stereocenters. The topological polar surface area (TPSA) is 55.1 Å². The summed E-state index contributed by atoms with van der Waals surface area (Å²) in [5.74, 6) is -0.964. The molecule has 0 radical (unpaired) electrons. The van der Waals surface area contributed by atoms with Gasteiger partial charge in [-0.15, -0.1) is 0 Å². The van der Waals surface area contributed by atoms with Gasteiger partial charge in [0, 0.05) is 24.7 Å². The average molecular weight is 138 g/mol. The van der Waals surface area contributed by atoms with E-state index in [2.05, 4.69) is 4.98 Å². The van der Waals surface area contributed by atoms with Gasteiger partial charge in [-0.3, -0.25) is 0 Å². The van der Waals surface area contributed by atoms with E-state index in [-0.39, 0.29) is 0 Å². The van der Waals surface area contributed by atoms with E-state index in [0.717, 1.165) is 6.08 Å². The lowest BCUT2D eigenvalue weighted by Gasteiger charge is -1.85. The van der Waals surface area contributed by atoms with Gasteiger partial charge in [-0.25, -0.2) is 9.78 Å². The van der Waals surface area contributed by atoms with E-state index in [0.29, 0.717) is 0 Å². The van der Waals surface area contributed by atoms with Gasteiger partial charge in [0.2, 0.25) is 0 Å². The van der Waals surface area contributed by atoms with Gasteiger partial charge >= 0.3 is 5.97 Å². The summed E-state index contributed by atoms with van der Waals surface area (Å²) >= 11 is 0. The SMILES string of the molecule is O=C(O)/C=C/n1ccnc1. The van der Waals surface area contributed by atoms with Crippen molar-refractivity contribution in [1.29, 1.82) is 0 Å². The molecule has 0 atom stereocenters. The molecule has 1 rings (SSSR count). The van der Waals surface area contributed by atoms with Crippen LogP contribution in [0.25, 0.3) is 6.20 Å². The van der Waals surface area contributed by atoms with E-state index < -0.39 is 5.97 Å². The second kappa shape index (κ2) is 2.82. The average Bonchev–Trinajstić information content (AvgIpc) is 2.34. The van der Waals surface area contributed by atoms with Gasteiger partial charge in [0.25, 0.3) is 0 Å². The van der Waals surface area contributed by atoms with Crippen molar-refractivity contribution < 1.29 is 9.90 Å². The molecule has 0 aliphatic rings. The predicted octanol–water partition coefficient (Wildman–Crippen LogP) is 0.438. The Morgan fingerprint density at radius 2 is 2.50 bits per heavy atom. The highest BCUT2D eigenvalue weighted by Gasteiger charge is 1.84. The summed E-state index contributed by atoms with van der Waals surface area (Å²) in [6.45, 7) is 0. The van der Waals surface area contributed by atoms with Crippen LogP contribution < -0.4 is 0 Å². The van der Waals surface area contributed by atoms with Gasteiger partial charge in [-0.1, -0.05) is 0 Å². The fourth-order valence-corrected chi connectivity index (χ4v) is 0.507. The molecular formula is C6H6N2O2. The first-order valence-corrected chi connectivity index (χ1v) is 2.67. The number of carboxylic acids is 1. The van der Waals surface area contributed by atoms with Crippen LogP contribution in [0.2, 0.25) is 0 Å². The fraction of sp³-hybridized carbons (Fsp3) is 0. The Hall–Kier alpha value is -1.58. The number of imidazole rings is 1. The van der Waals surface area contributed by atoms with Crippen molar-refractivity contribution in [2.45, 2.75) is 0 Å². The van der Waals surface area contributed by atoms with Crippen molar-refractivity contribution in [3.8, 4) is 0 Å². The molecule has 0 bridgehead atoms. The maximum absolute atomic E-state index is 9.97. The molecule has 0 saturated heterocycles. The predicted molar refractivity (Wildman–Crippen MR) is 35.2 cm³/mol. The normalized spacial score (nSPS) is 10.4. The molecule has 1 N–H and O–H groups in total. The molecule has 0 aliphatic carbocycles. The molecule has 10 heavy (non-hydrogen) atoms. The summed E-state index contributed by atoms with van der Waals surface area (Å²) in [5, 5.41) is 8.19. The molecule has 1 aromatic rings. The van der Waals surface area contributed by atoms with Crippen LogP contribution in [0.1, 0.15) is 0 Å². The zero-order valence-corrected chi connectivity index (χ0v) is 5.14. The molecule has 0 spiro atoms. The van der Waals surface area contributed by atoms with Crippen molar-refractivity contribution >= 4 is 12.2 Å². The van der Waals surface area contributed by atoms with E-state index in [1.165, 1.54) is 12.5 Å². The minimum atomic E-state index is -0.964. The second-order valence-corrected chi connectivity index (χ2v) is 1.66. The van der Waals surface area contributed by atoms with Crippen LogP contribution in [-0.2, 0) is 4.79 Å². The lowest BCUT2D eigenvalue weighted by atomic mass is 10.6. The zero-order chi connectivity index (χ0) is 7.40. The third-order valence-corrected chi connectivity index (χ3v) is 0.914. The zero-order valence-electron chi connectivity index (χ0n) is 5.14. The van der Waals surface area contributed by atoms with Crippen molar-refractivity contribution in [3.63, 3.8) is 0 Å². The smallest absolute Gasteiger partial charge is 0.329 e. The number of nitrogens with zero attached hydrogens (tertiary/aromatic N) is 2. The van der Waals surface area contributed by atoms with E-state index >= 15 is 0 Å². The van der Waals surface area contributed by atoms with Crippen molar-refractivity contribution in [2.24, 2.45) is 0 Å². The van der Waals surface area contributed by atoms with Crippen LogP contribution in [0.5, 0.6) is 0 Å². The molecule has 0 saturated carbocycles. The summed E-state index contributed by atoms with van der Waals surface area (Å²) in [6, 6.07) is 0. The number of hydrogen-bond acceptors (Lipinski definition) is 2. The minimum Gasteiger partial charge on any atom is -0.478 e. The first-order chi connectivity index (χ1) is 4.79. The fourth-order valence-electron chi connectivity index (χ4n) is 0.507. The van der Waals surface area contributed by atoms with Gasteiger partial charge in [0.1, 0.15) is 0 Å². The van der Waals surface area contributed by atoms with Crippen LogP contribution in [0.15, 0.2) is 24.8 Å². The number of carboxylic acid groups (broad SMARTS) is 1. The van der Waals surface area contributed by atoms with Crippen LogP contribution in [0.3, 0.4) is 0 Å². The summed E-state index contributed by atoms with van der Waals surface area (Å²) in [4.78, 5) is 13.7. The molecule has 0 amide bonds. The number of aromatic nitrogens is 2. The highest BCUT2D eigenvalue weighted by molar-refractivity contribution is 5.82. The van der Waals surface area contributed by atoms with Gasteiger partial charge in [-0.05, 0) is 0 Å². The lowest BCUT2D eigenvalue weighted by Crippen LogP contribution is -1.88. The molecule has 1 aromatic heterocycles. The Morgan fingerprint density at radius 1 is 1.70 bits per heavy atom. The first-order valence-electron chi connectivity index (χ1n) is 2.67. The van der Waals surface area contributed by atoms with E-state index in [4.69, 9.17) is 5.11 Å². The third-order valence-electron chi connectivity index (χ3n) is 0.914. The largest absolute Gasteiger partial charge is 0.478 e. The highest BCUT2D eigenvalue weighted by atomic mass is 16.4. The first kappa shape index (κ1) is 6.54. The van der Waals surface area contributed by atoms with Crippen molar-refractivity contribution in [2.75, 3.05) is 0 Å². The van der Waals surface area contributed by atoms with E-state index in [1.54, 1.807) is 17.0 Å². The number of rotatable bonds is 2. The van der Waals surface area contributed by atoms with E-state index in [9.17, 15) is 4.79 Å². The lowest BCUT2D eigenvalue weighted by molar-refractivity contribution is -0.131. The molecular weight excluding hydrogens is 132 g/mol. The van der Waals surface area contributed by atoms with Crippen LogP contribution >= 0.6 is 0 Å². The molecule has 1 heterocycles. The van der Waals surface area contributed by atoms with Crippen LogP contribution in [0, 0.1) is 0 Å². The Kier molecular flexibility index (Phi) is 1.84. The van der Waals surface area contributed by atoms with Gasteiger partial charge < -0.3 is 9.67 Å². The van der Waals surface area contributed by atoms with Gasteiger partial charge in [0.15, 0.2) is 0 Å². The van der Waals surface area contributed by atoms with E-state index in [1.807, 2.05) is 0 Å². The molecule has 4 nitrogen and oxygen atoms in total. The van der Waals surface area contributed by atoms with Gasteiger partial charge in [0.05, 0.1) is 6.33 Å². The standard InChI is InChI=1S/C6H6N2O2/c9-6(10)1-3-8-4-2-7-5-8/h1-5H,(H,9,10)/b3-1+. The summed E-state index contributed by atoms with van der Waals surface area (Å²) in [6.07, 6.45) is 7.20. The van der Waals surface area contributed by atoms with Crippen LogP contribution in [0.4, 0.5) is 0 Å². The number of aliphatic carboxylic acids is 1. The molecule has 4 heteroatoms. The number of carbonyl (C=O) groups is 1. The monoisotopic (exact) mass is 138 g/mol. The summed E-state index contributed by atoms with van der Waals surface area (Å²) in [5.41, 5.74) is 0. The molecule has 52 valence electrons. The maximum atomic E-state index is 9.97. The van der Waals surface area contributed by atoms with Crippen LogP contribution in [-0.4, -0.2) is 20.6 Å². The quantitative estimate of drug-likeness (QED) is 0.603. The molecule has 0 fully saturated rings. The Labute approximate surface area is 57.4 Å². The maximum Gasteiger partial charge on any atom is 0.329 e. The minimum absolute atomic E-state index is 0.964. The van der Waals surface area contributed by atoms with Crippen molar-refractivity contribution in [1.82, 2.24) is 9.55 Å². The number of hydrogen-bond donors (Lipinski definition) is 1. The second-order valence-electron chi connectivity index (χ2n) is 1.66.